The lowest BCUT2D eigenvalue weighted by Crippen LogP contribution is -2.45. The first-order valence-corrected chi connectivity index (χ1v) is 8.89. The Morgan fingerprint density at radius 2 is 1.81 bits per heavy atom. The van der Waals surface area contributed by atoms with Crippen molar-refractivity contribution in [2.24, 2.45) is 4.99 Å². The minimum absolute atomic E-state index is 0.277. The van der Waals surface area contributed by atoms with Crippen molar-refractivity contribution in [2.45, 2.75) is 19.0 Å². The summed E-state index contributed by atoms with van der Waals surface area (Å²) in [5.74, 6) is 1.29. The number of aliphatic imine (C=N–C) groups is 1. The molecule has 1 atom stereocenters. The van der Waals surface area contributed by atoms with E-state index in [4.69, 9.17) is 10.00 Å². The number of methoxy groups -OCH3 is 1. The van der Waals surface area contributed by atoms with Crippen LogP contribution in [0.5, 0.6) is 5.75 Å². The van der Waals surface area contributed by atoms with Gasteiger partial charge in [0.1, 0.15) is 5.75 Å². The molecule has 0 saturated carbocycles. The number of nitrogens with one attached hydrogen (secondary N) is 2. The summed E-state index contributed by atoms with van der Waals surface area (Å²) in [6, 6.07) is 18.4. The number of likely N-dealkylation sites (N-methyl/N-ethyl adjacent to an activating group) is 1. The summed E-state index contributed by atoms with van der Waals surface area (Å²) in [6.45, 7) is 1.16. The van der Waals surface area contributed by atoms with Crippen LogP contribution in [0.3, 0.4) is 0 Å². The van der Waals surface area contributed by atoms with Gasteiger partial charge in [-0.25, -0.2) is 4.99 Å². The maximum absolute atomic E-state index is 9.00. The van der Waals surface area contributed by atoms with Gasteiger partial charge < -0.3 is 15.0 Å². The Labute approximate surface area is 161 Å². The van der Waals surface area contributed by atoms with E-state index in [1.807, 2.05) is 36.5 Å². The number of nitrogens with zero attached hydrogens (tertiary/aromatic N) is 3. The zero-order chi connectivity index (χ0) is 19.5. The zero-order valence-electron chi connectivity index (χ0n) is 16.1. The van der Waals surface area contributed by atoms with E-state index in [0.29, 0.717) is 19.0 Å². The molecular weight excluding hydrogens is 338 g/mol. The van der Waals surface area contributed by atoms with Gasteiger partial charge in [-0.05, 0) is 43.8 Å². The molecule has 2 N–H and O–H groups in total. The number of hydrogen-bond acceptors (Lipinski definition) is 4. The molecule has 0 aromatic heterocycles. The minimum atomic E-state index is 0.277. The van der Waals surface area contributed by atoms with Crippen molar-refractivity contribution < 1.29 is 4.74 Å². The summed E-state index contributed by atoms with van der Waals surface area (Å²) < 4.78 is 5.16. The molecule has 0 fully saturated rings. The molecule has 6 nitrogen and oxygen atoms in total. The first-order valence-electron chi connectivity index (χ1n) is 8.89. The van der Waals surface area contributed by atoms with Crippen LogP contribution in [0.4, 0.5) is 0 Å². The molecule has 0 aliphatic rings. The molecule has 0 unspecified atom stereocenters. The fourth-order valence-corrected chi connectivity index (χ4v) is 2.63. The Kier molecular flexibility index (Phi) is 8.14. The van der Waals surface area contributed by atoms with Gasteiger partial charge in [0.05, 0.1) is 13.7 Å². The third kappa shape index (κ3) is 7.00. The van der Waals surface area contributed by atoms with Crippen LogP contribution < -0.4 is 15.4 Å². The van der Waals surface area contributed by atoms with E-state index < -0.39 is 0 Å². The second kappa shape index (κ2) is 10.8. The highest BCUT2D eigenvalue weighted by Gasteiger charge is 2.13. The lowest BCUT2D eigenvalue weighted by Gasteiger charge is -2.25. The number of guanidine groups is 1. The van der Waals surface area contributed by atoms with Gasteiger partial charge in [0, 0.05) is 12.6 Å². The Balaban J connectivity index is 1.97. The molecule has 0 spiro atoms. The van der Waals surface area contributed by atoms with Gasteiger partial charge in [-0.2, -0.15) is 5.26 Å². The second-order valence-corrected chi connectivity index (χ2v) is 6.44. The molecule has 0 amide bonds. The van der Waals surface area contributed by atoms with E-state index >= 15 is 0 Å². The SMILES string of the molecule is COc1ccc(CN=C(NC#N)NC[C@H](Cc2ccccc2)N(C)C)cc1. The third-order valence-electron chi connectivity index (χ3n) is 4.30. The molecule has 6 heteroatoms. The van der Waals surface area contributed by atoms with E-state index in [9.17, 15) is 0 Å². The van der Waals surface area contributed by atoms with E-state index in [1.54, 1.807) is 7.11 Å². The Hall–Kier alpha value is -3.04. The standard InChI is InChI=1S/C21H27N5O/c1-26(2)19(13-17-7-5-4-6-8-17)15-24-21(25-16-22)23-14-18-9-11-20(27-3)12-10-18/h4-12,19H,13-15H2,1-3H3,(H2,23,24,25)/t19-/m0/s1. The number of nitriles is 1. The van der Waals surface area contributed by atoms with Gasteiger partial charge in [-0.15, -0.1) is 0 Å². The van der Waals surface area contributed by atoms with Gasteiger partial charge in [0.2, 0.25) is 5.96 Å². The normalized spacial score (nSPS) is 12.3. The van der Waals surface area contributed by atoms with Crippen LogP contribution in [-0.4, -0.2) is 44.7 Å². The Bertz CT molecular complexity index is 750. The maximum atomic E-state index is 9.00. The first kappa shape index (κ1) is 20.3. The molecule has 2 aromatic carbocycles. The largest absolute Gasteiger partial charge is 0.497 e. The van der Waals surface area contributed by atoms with Crippen molar-refractivity contribution in [3.63, 3.8) is 0 Å². The highest BCUT2D eigenvalue weighted by molar-refractivity contribution is 5.81. The number of rotatable bonds is 8. The molecule has 27 heavy (non-hydrogen) atoms. The van der Waals surface area contributed by atoms with Crippen LogP contribution in [0, 0.1) is 11.5 Å². The molecule has 2 aromatic rings. The molecule has 0 radical (unpaired) electrons. The van der Waals surface area contributed by atoms with E-state index in [-0.39, 0.29) is 6.04 Å². The van der Waals surface area contributed by atoms with Crippen molar-refractivity contribution in [1.29, 1.82) is 5.26 Å². The lowest BCUT2D eigenvalue weighted by molar-refractivity contribution is 0.290. The fraction of sp³-hybridized carbons (Fsp3) is 0.333. The molecule has 142 valence electrons. The van der Waals surface area contributed by atoms with Crippen molar-refractivity contribution in [1.82, 2.24) is 15.5 Å². The van der Waals surface area contributed by atoms with Crippen LogP contribution >= 0.6 is 0 Å². The van der Waals surface area contributed by atoms with Crippen LogP contribution in [-0.2, 0) is 13.0 Å². The maximum Gasteiger partial charge on any atom is 0.205 e. The molecular formula is C21H27N5O. The molecule has 0 aliphatic carbocycles. The van der Waals surface area contributed by atoms with Gasteiger partial charge in [-0.1, -0.05) is 42.5 Å². The predicted octanol–water partition coefficient (Wildman–Crippen LogP) is 2.38. The summed E-state index contributed by atoms with van der Waals surface area (Å²) in [5, 5.41) is 14.9. The molecule has 2 rings (SSSR count). The number of hydrogen-bond donors (Lipinski definition) is 2. The quantitative estimate of drug-likeness (QED) is 0.325. The highest BCUT2D eigenvalue weighted by Crippen LogP contribution is 2.12. The minimum Gasteiger partial charge on any atom is -0.497 e. The Morgan fingerprint density at radius 1 is 1.11 bits per heavy atom. The monoisotopic (exact) mass is 365 g/mol. The topological polar surface area (TPSA) is 72.7 Å². The molecule has 0 heterocycles. The second-order valence-electron chi connectivity index (χ2n) is 6.44. The average molecular weight is 365 g/mol. The van der Waals surface area contributed by atoms with Crippen LogP contribution in [0.25, 0.3) is 0 Å². The van der Waals surface area contributed by atoms with Crippen molar-refractivity contribution in [3.8, 4) is 11.9 Å². The van der Waals surface area contributed by atoms with Crippen LogP contribution in [0.2, 0.25) is 0 Å². The van der Waals surface area contributed by atoms with Gasteiger partial charge in [0.25, 0.3) is 0 Å². The van der Waals surface area contributed by atoms with E-state index in [2.05, 4.69) is 58.9 Å². The molecule has 0 bridgehead atoms. The Morgan fingerprint density at radius 3 is 2.41 bits per heavy atom. The zero-order valence-corrected chi connectivity index (χ0v) is 16.1. The molecule has 0 saturated heterocycles. The fourth-order valence-electron chi connectivity index (χ4n) is 2.63. The third-order valence-corrected chi connectivity index (χ3v) is 4.30. The smallest absolute Gasteiger partial charge is 0.205 e. The van der Waals surface area contributed by atoms with E-state index in [0.717, 1.165) is 17.7 Å². The number of benzene rings is 2. The summed E-state index contributed by atoms with van der Waals surface area (Å²) in [6.07, 6.45) is 2.86. The average Bonchev–Trinajstić information content (AvgIpc) is 2.70. The number of ether oxygens (including phenoxy) is 1. The first-order chi connectivity index (χ1) is 13.1. The van der Waals surface area contributed by atoms with Crippen LogP contribution in [0.15, 0.2) is 59.6 Å². The lowest BCUT2D eigenvalue weighted by atomic mass is 10.1. The molecule has 0 aliphatic heterocycles. The summed E-state index contributed by atoms with van der Waals surface area (Å²) in [4.78, 5) is 6.66. The predicted molar refractivity (Wildman–Crippen MR) is 109 cm³/mol. The van der Waals surface area contributed by atoms with Gasteiger partial charge in [0.15, 0.2) is 6.19 Å². The van der Waals surface area contributed by atoms with Crippen molar-refractivity contribution in [3.05, 3.63) is 65.7 Å². The van der Waals surface area contributed by atoms with Crippen LogP contribution in [0.1, 0.15) is 11.1 Å². The summed E-state index contributed by atoms with van der Waals surface area (Å²) >= 11 is 0. The summed E-state index contributed by atoms with van der Waals surface area (Å²) in [5.41, 5.74) is 2.33. The van der Waals surface area contributed by atoms with Gasteiger partial charge >= 0.3 is 0 Å². The summed E-state index contributed by atoms with van der Waals surface area (Å²) in [7, 11) is 5.75. The van der Waals surface area contributed by atoms with Gasteiger partial charge in [-0.3, -0.25) is 5.32 Å². The highest BCUT2D eigenvalue weighted by atomic mass is 16.5. The van der Waals surface area contributed by atoms with Crippen molar-refractivity contribution >= 4 is 5.96 Å². The van der Waals surface area contributed by atoms with Crippen molar-refractivity contribution in [2.75, 3.05) is 27.7 Å². The van der Waals surface area contributed by atoms with E-state index in [1.165, 1.54) is 5.56 Å².